The maximum Gasteiger partial charge on any atom is 0.334 e. The van der Waals surface area contributed by atoms with E-state index < -0.39 is 23.9 Å². The summed E-state index contributed by atoms with van der Waals surface area (Å²) < 4.78 is 12.3. The molecule has 0 aromatic carbocycles. The van der Waals surface area contributed by atoms with Gasteiger partial charge in [-0.15, -0.1) is 0 Å². The average molecular weight is 745 g/mol. The minimum absolute atomic E-state index is 0.0123. The van der Waals surface area contributed by atoms with Crippen molar-refractivity contribution in [2.24, 2.45) is 44.3 Å². The summed E-state index contributed by atoms with van der Waals surface area (Å²) in [7, 11) is 0. The zero-order valence-electron chi connectivity index (χ0n) is 34.0. The minimum Gasteiger partial charge on any atom is -0.478 e. The molecule has 7 aliphatic rings. The zero-order chi connectivity index (χ0) is 39.1. The van der Waals surface area contributed by atoms with Crippen LogP contribution in [0.3, 0.4) is 0 Å². The molecule has 7 rings (SSSR count). The van der Waals surface area contributed by atoms with E-state index in [0.717, 1.165) is 83.5 Å². The highest BCUT2D eigenvalue weighted by molar-refractivity contribution is 6.00. The number of aliphatic carboxylic acids is 2. The second-order valence-corrected chi connectivity index (χ2v) is 20.4. The summed E-state index contributed by atoms with van der Waals surface area (Å²) in [5, 5.41) is 19.5. The van der Waals surface area contributed by atoms with Gasteiger partial charge < -0.3 is 19.7 Å². The number of carbonyl (C=O) groups is 4. The Bertz CT molecular complexity index is 1760. The van der Waals surface area contributed by atoms with E-state index in [1.807, 2.05) is 0 Å². The van der Waals surface area contributed by atoms with Crippen LogP contribution in [-0.4, -0.2) is 46.8 Å². The third-order valence-corrected chi connectivity index (χ3v) is 17.0. The number of fused-ring (bicyclic) bond motifs is 6. The van der Waals surface area contributed by atoms with Crippen molar-refractivity contribution < 1.29 is 38.9 Å². The Kier molecular flexibility index (Phi) is 9.77. The standard InChI is InChI=1S/C46H64O8/c1-41(2)34-18-21-46(7)35(44(34,5)20-19-36(41)54-40(52)31-15-11-9-13-29(31)38(49)50)17-16-32-33-26-42(3,22-23-43(33,4)24-25-45(32,46)6)27-53-39(51)30-14-10-8-12-28(30)37(47)48/h16-17,34-36H,8-15,18-27H2,1-7H3,(H,47,48)(H,49,50)/t34-,35+,36-,42-,43+,44-,45+,46+/m0/s1. The van der Waals surface area contributed by atoms with Crippen molar-refractivity contribution >= 4 is 23.9 Å². The van der Waals surface area contributed by atoms with Crippen LogP contribution in [0.4, 0.5) is 0 Å². The molecule has 8 nitrogen and oxygen atoms in total. The number of esters is 2. The molecule has 8 atom stereocenters. The molecule has 296 valence electrons. The smallest absolute Gasteiger partial charge is 0.334 e. The van der Waals surface area contributed by atoms with Crippen molar-refractivity contribution in [1.82, 2.24) is 0 Å². The third kappa shape index (κ3) is 6.06. The van der Waals surface area contributed by atoms with E-state index in [9.17, 15) is 29.4 Å². The molecule has 7 aliphatic carbocycles. The molecule has 3 saturated carbocycles. The molecule has 0 radical (unpaired) electrons. The van der Waals surface area contributed by atoms with E-state index in [4.69, 9.17) is 9.47 Å². The molecule has 54 heavy (non-hydrogen) atoms. The molecule has 0 heterocycles. The first-order chi connectivity index (χ1) is 25.3. The highest BCUT2D eigenvalue weighted by Crippen LogP contribution is 2.74. The number of carboxylic acids is 2. The molecular weight excluding hydrogens is 680 g/mol. The van der Waals surface area contributed by atoms with Crippen molar-refractivity contribution in [3.8, 4) is 0 Å². The van der Waals surface area contributed by atoms with Crippen LogP contribution in [0, 0.1) is 44.3 Å². The maximum atomic E-state index is 13.6. The van der Waals surface area contributed by atoms with Gasteiger partial charge in [0.25, 0.3) is 0 Å². The van der Waals surface area contributed by atoms with Gasteiger partial charge in [-0.25, -0.2) is 19.2 Å². The summed E-state index contributed by atoms with van der Waals surface area (Å²) in [6.07, 6.45) is 18.8. The number of rotatable bonds is 7. The van der Waals surface area contributed by atoms with E-state index >= 15 is 0 Å². The Labute approximate surface area is 322 Å². The molecule has 0 saturated heterocycles. The first-order valence-corrected chi connectivity index (χ1v) is 21.0. The summed E-state index contributed by atoms with van der Waals surface area (Å²) in [6.45, 7) is 17.1. The molecular formula is C46H64O8. The lowest BCUT2D eigenvalue weighted by Gasteiger charge is -2.69. The fourth-order valence-electron chi connectivity index (χ4n) is 13.3. The Morgan fingerprint density at radius 2 is 1.28 bits per heavy atom. The van der Waals surface area contributed by atoms with E-state index in [1.54, 1.807) is 0 Å². The molecule has 0 amide bonds. The molecule has 0 aromatic heterocycles. The summed E-state index contributed by atoms with van der Waals surface area (Å²) in [5.74, 6) is -2.17. The molecule has 0 bridgehead atoms. The van der Waals surface area contributed by atoms with Crippen LogP contribution < -0.4 is 0 Å². The Morgan fingerprint density at radius 3 is 1.89 bits per heavy atom. The molecule has 0 aliphatic heterocycles. The lowest BCUT2D eigenvalue weighted by atomic mass is 9.35. The van der Waals surface area contributed by atoms with Gasteiger partial charge in [0.05, 0.1) is 6.61 Å². The predicted molar refractivity (Wildman–Crippen MR) is 206 cm³/mol. The topological polar surface area (TPSA) is 127 Å². The molecule has 3 fully saturated rings. The van der Waals surface area contributed by atoms with Gasteiger partial charge in [-0.2, -0.15) is 0 Å². The number of ether oxygens (including phenoxy) is 2. The van der Waals surface area contributed by atoms with Crippen molar-refractivity contribution in [1.29, 1.82) is 0 Å². The van der Waals surface area contributed by atoms with Crippen LogP contribution in [-0.2, 0) is 28.7 Å². The maximum absolute atomic E-state index is 13.6. The van der Waals surface area contributed by atoms with Crippen molar-refractivity contribution in [3.63, 3.8) is 0 Å². The zero-order valence-corrected chi connectivity index (χ0v) is 34.0. The normalized spacial score (nSPS) is 40.2. The number of allylic oxidation sites excluding steroid dienone is 4. The molecule has 0 spiro atoms. The van der Waals surface area contributed by atoms with Crippen LogP contribution in [0.1, 0.15) is 158 Å². The van der Waals surface area contributed by atoms with E-state index in [-0.39, 0.29) is 49.7 Å². The number of hydrogen-bond acceptors (Lipinski definition) is 6. The number of carboxylic acid groups (broad SMARTS) is 2. The largest absolute Gasteiger partial charge is 0.478 e. The van der Waals surface area contributed by atoms with Gasteiger partial charge in [-0.05, 0) is 148 Å². The number of carbonyl (C=O) groups excluding carboxylic acids is 2. The van der Waals surface area contributed by atoms with Crippen molar-refractivity contribution in [3.05, 3.63) is 45.6 Å². The Morgan fingerprint density at radius 1 is 0.704 bits per heavy atom. The third-order valence-electron chi connectivity index (χ3n) is 17.0. The van der Waals surface area contributed by atoms with Crippen LogP contribution in [0.5, 0.6) is 0 Å². The van der Waals surface area contributed by atoms with Gasteiger partial charge in [0.15, 0.2) is 0 Å². The molecule has 2 N–H and O–H groups in total. The average Bonchev–Trinajstić information content (AvgIpc) is 3.13. The fourth-order valence-corrected chi connectivity index (χ4v) is 13.3. The van der Waals surface area contributed by atoms with Gasteiger partial charge >= 0.3 is 23.9 Å². The monoisotopic (exact) mass is 744 g/mol. The SMILES string of the molecule is CC1(C)[C@@H](OC(=O)C2=C(C(=O)O)CCCC2)CC[C@]2(C)[C@H]3C=CC4=C5C[C@@](C)(COC(=O)C6=C(C(=O)O)CCCC6)CC[C@]5(C)CC[C@@]4(C)[C@]3(C)CC[C@@H]12. The second kappa shape index (κ2) is 13.5. The minimum atomic E-state index is -1.00. The highest BCUT2D eigenvalue weighted by atomic mass is 16.5. The summed E-state index contributed by atoms with van der Waals surface area (Å²) >= 11 is 0. The quantitative estimate of drug-likeness (QED) is 0.247. The highest BCUT2D eigenvalue weighted by Gasteiger charge is 2.67. The fraction of sp³-hybridized carbons (Fsp3) is 0.739. The Hall–Kier alpha value is -3.16. The lowest BCUT2D eigenvalue weighted by Crippen LogP contribution is -2.63. The predicted octanol–water partition coefficient (Wildman–Crippen LogP) is 10.1. The molecule has 0 unspecified atom stereocenters. The van der Waals surface area contributed by atoms with E-state index in [2.05, 4.69) is 60.6 Å². The summed E-state index contributed by atoms with van der Waals surface area (Å²) in [5.41, 5.74) is 3.88. The van der Waals surface area contributed by atoms with Gasteiger partial charge in [-0.3, -0.25) is 0 Å². The first-order valence-electron chi connectivity index (χ1n) is 21.0. The van der Waals surface area contributed by atoms with Crippen LogP contribution in [0.25, 0.3) is 0 Å². The van der Waals surface area contributed by atoms with Crippen LogP contribution in [0.2, 0.25) is 0 Å². The lowest BCUT2D eigenvalue weighted by molar-refractivity contribution is -0.197. The van der Waals surface area contributed by atoms with E-state index in [0.29, 0.717) is 55.3 Å². The van der Waals surface area contributed by atoms with Crippen LogP contribution in [0.15, 0.2) is 45.6 Å². The summed E-state index contributed by atoms with van der Waals surface area (Å²) in [4.78, 5) is 50.7. The van der Waals surface area contributed by atoms with Gasteiger partial charge in [0.2, 0.25) is 0 Å². The summed E-state index contributed by atoms with van der Waals surface area (Å²) in [6, 6.07) is 0. The van der Waals surface area contributed by atoms with E-state index in [1.165, 1.54) is 11.1 Å². The molecule has 8 heteroatoms. The van der Waals surface area contributed by atoms with Gasteiger partial charge in [-0.1, -0.05) is 66.2 Å². The molecule has 0 aromatic rings. The van der Waals surface area contributed by atoms with Gasteiger partial charge in [0.1, 0.15) is 6.10 Å². The van der Waals surface area contributed by atoms with Crippen molar-refractivity contribution in [2.75, 3.05) is 6.61 Å². The first kappa shape index (κ1) is 39.1. The van der Waals surface area contributed by atoms with Gasteiger partial charge in [0, 0.05) is 33.1 Å². The second-order valence-electron chi connectivity index (χ2n) is 20.4. The number of hydrogen-bond donors (Lipinski definition) is 2. The van der Waals surface area contributed by atoms with Crippen molar-refractivity contribution in [2.45, 2.75) is 164 Å². The Balaban J connectivity index is 1.14. The van der Waals surface area contributed by atoms with Crippen LogP contribution >= 0.6 is 0 Å².